The average Bonchev–Trinajstić information content (AvgIpc) is 1.98. The predicted molar refractivity (Wildman–Crippen MR) is 62.4 cm³/mol. The van der Waals surface area contributed by atoms with E-state index in [0.717, 1.165) is 19.4 Å². The zero-order chi connectivity index (χ0) is 11.6. The zero-order valence-electron chi connectivity index (χ0n) is 10.4. The van der Waals surface area contributed by atoms with Crippen molar-refractivity contribution in [1.82, 2.24) is 4.90 Å². The van der Waals surface area contributed by atoms with Crippen LogP contribution in [0, 0.1) is 11.3 Å². The van der Waals surface area contributed by atoms with Crippen molar-refractivity contribution in [3.8, 4) is 0 Å². The van der Waals surface area contributed by atoms with Gasteiger partial charge in [-0.2, -0.15) is 0 Å². The van der Waals surface area contributed by atoms with Crippen LogP contribution >= 0.6 is 0 Å². The lowest BCUT2D eigenvalue weighted by molar-refractivity contribution is -0.132. The minimum absolute atomic E-state index is 0.0847. The van der Waals surface area contributed by atoms with Gasteiger partial charge in [0.1, 0.15) is 0 Å². The fourth-order valence-electron chi connectivity index (χ4n) is 2.01. The van der Waals surface area contributed by atoms with Crippen molar-refractivity contribution in [3.05, 3.63) is 0 Å². The minimum Gasteiger partial charge on any atom is -0.345 e. The fraction of sp³-hybridized carbons (Fsp3) is 0.917. The lowest BCUT2D eigenvalue weighted by Gasteiger charge is -2.36. The Kier molecular flexibility index (Phi) is 3.77. The number of carbonyl (C=O) groups is 1. The summed E-state index contributed by atoms with van der Waals surface area (Å²) in [6, 6.07) is 0.376. The quantitative estimate of drug-likeness (QED) is 0.772. The molecule has 0 radical (unpaired) electrons. The van der Waals surface area contributed by atoms with E-state index in [1.807, 2.05) is 11.9 Å². The highest BCUT2D eigenvalue weighted by atomic mass is 16.2. The van der Waals surface area contributed by atoms with Crippen LogP contribution in [0.2, 0.25) is 0 Å². The summed E-state index contributed by atoms with van der Waals surface area (Å²) < 4.78 is 0. The zero-order valence-corrected chi connectivity index (χ0v) is 10.4. The second kappa shape index (κ2) is 4.52. The van der Waals surface area contributed by atoms with Gasteiger partial charge in [0.05, 0.1) is 0 Å². The van der Waals surface area contributed by atoms with Gasteiger partial charge in [-0.05, 0) is 24.2 Å². The van der Waals surface area contributed by atoms with Gasteiger partial charge in [-0.15, -0.1) is 0 Å². The lowest BCUT2D eigenvalue weighted by atomic mass is 9.80. The first-order valence-corrected chi connectivity index (χ1v) is 5.77. The van der Waals surface area contributed by atoms with Gasteiger partial charge in [-0.1, -0.05) is 20.8 Å². The SMILES string of the molecule is CN(CC1CC(N)C1)C(=O)CC(C)(C)C. The van der Waals surface area contributed by atoms with Crippen molar-refractivity contribution in [2.45, 2.75) is 46.1 Å². The van der Waals surface area contributed by atoms with Gasteiger partial charge < -0.3 is 10.6 Å². The molecule has 0 saturated heterocycles. The van der Waals surface area contributed by atoms with Gasteiger partial charge >= 0.3 is 0 Å². The molecule has 1 fully saturated rings. The number of nitrogens with zero attached hydrogens (tertiary/aromatic N) is 1. The highest BCUT2D eigenvalue weighted by Gasteiger charge is 2.28. The molecule has 1 amide bonds. The molecule has 0 bridgehead atoms. The molecule has 0 atom stereocenters. The Hall–Kier alpha value is -0.570. The molecule has 0 aromatic carbocycles. The van der Waals surface area contributed by atoms with E-state index < -0.39 is 0 Å². The third-order valence-electron chi connectivity index (χ3n) is 2.91. The van der Waals surface area contributed by atoms with Crippen LogP contribution in [0.1, 0.15) is 40.0 Å². The molecule has 1 aliphatic carbocycles. The summed E-state index contributed by atoms with van der Waals surface area (Å²) in [4.78, 5) is 13.7. The first-order chi connectivity index (χ1) is 6.78. The summed E-state index contributed by atoms with van der Waals surface area (Å²) >= 11 is 0. The molecule has 1 aliphatic rings. The van der Waals surface area contributed by atoms with Crippen molar-refractivity contribution >= 4 is 5.91 Å². The van der Waals surface area contributed by atoms with Crippen LogP contribution < -0.4 is 5.73 Å². The summed E-state index contributed by atoms with van der Waals surface area (Å²) in [7, 11) is 1.90. The average molecular weight is 212 g/mol. The van der Waals surface area contributed by atoms with Crippen molar-refractivity contribution in [2.75, 3.05) is 13.6 Å². The van der Waals surface area contributed by atoms with Crippen LogP contribution in [0.3, 0.4) is 0 Å². The Morgan fingerprint density at radius 1 is 1.40 bits per heavy atom. The summed E-state index contributed by atoms with van der Waals surface area (Å²) in [5.41, 5.74) is 5.80. The van der Waals surface area contributed by atoms with E-state index in [0.29, 0.717) is 18.4 Å². The van der Waals surface area contributed by atoms with Crippen molar-refractivity contribution in [2.24, 2.45) is 17.1 Å². The van der Waals surface area contributed by atoms with Crippen molar-refractivity contribution in [1.29, 1.82) is 0 Å². The smallest absolute Gasteiger partial charge is 0.222 e. The molecule has 0 unspecified atom stereocenters. The Bertz CT molecular complexity index is 226. The number of rotatable bonds is 3. The topological polar surface area (TPSA) is 46.3 Å². The molecule has 15 heavy (non-hydrogen) atoms. The molecule has 3 nitrogen and oxygen atoms in total. The Morgan fingerprint density at radius 2 is 1.93 bits per heavy atom. The molecule has 88 valence electrons. The number of nitrogens with two attached hydrogens (primary N) is 1. The lowest BCUT2D eigenvalue weighted by Crippen LogP contribution is -2.43. The van der Waals surface area contributed by atoms with Gasteiger partial charge in [-0.3, -0.25) is 4.79 Å². The van der Waals surface area contributed by atoms with Crippen LogP contribution in [0.5, 0.6) is 0 Å². The fourth-order valence-corrected chi connectivity index (χ4v) is 2.01. The maximum Gasteiger partial charge on any atom is 0.222 e. The summed E-state index contributed by atoms with van der Waals surface area (Å²) in [5, 5.41) is 0. The van der Waals surface area contributed by atoms with Crippen LogP contribution in [-0.4, -0.2) is 30.4 Å². The van der Waals surface area contributed by atoms with E-state index in [-0.39, 0.29) is 11.3 Å². The highest BCUT2D eigenvalue weighted by molar-refractivity contribution is 5.76. The monoisotopic (exact) mass is 212 g/mol. The molecule has 0 aromatic rings. The van der Waals surface area contributed by atoms with Crippen LogP contribution in [0.25, 0.3) is 0 Å². The maximum absolute atomic E-state index is 11.8. The second-order valence-electron chi connectivity index (χ2n) is 6.11. The van der Waals surface area contributed by atoms with Crippen LogP contribution in [0.4, 0.5) is 0 Å². The van der Waals surface area contributed by atoms with Gasteiger partial charge in [0.25, 0.3) is 0 Å². The number of amides is 1. The van der Waals surface area contributed by atoms with Crippen molar-refractivity contribution in [3.63, 3.8) is 0 Å². The van der Waals surface area contributed by atoms with E-state index in [2.05, 4.69) is 20.8 Å². The first kappa shape index (κ1) is 12.5. The van der Waals surface area contributed by atoms with Gasteiger partial charge in [0.2, 0.25) is 5.91 Å². The molecule has 2 N–H and O–H groups in total. The van der Waals surface area contributed by atoms with Gasteiger partial charge in [-0.25, -0.2) is 0 Å². The van der Waals surface area contributed by atoms with E-state index in [9.17, 15) is 4.79 Å². The third kappa shape index (κ3) is 4.20. The number of carbonyl (C=O) groups excluding carboxylic acids is 1. The Morgan fingerprint density at radius 3 is 2.33 bits per heavy atom. The minimum atomic E-state index is 0.0847. The molecule has 0 aliphatic heterocycles. The van der Waals surface area contributed by atoms with Gasteiger partial charge in [0, 0.05) is 26.1 Å². The number of hydrogen-bond donors (Lipinski definition) is 1. The molecule has 0 aromatic heterocycles. The Labute approximate surface area is 93.0 Å². The Balaban J connectivity index is 2.27. The van der Waals surface area contributed by atoms with Crippen LogP contribution in [0.15, 0.2) is 0 Å². The van der Waals surface area contributed by atoms with Gasteiger partial charge in [0.15, 0.2) is 0 Å². The van der Waals surface area contributed by atoms with E-state index in [4.69, 9.17) is 5.73 Å². The highest BCUT2D eigenvalue weighted by Crippen LogP contribution is 2.27. The standard InChI is InChI=1S/C12H24N2O/c1-12(2,3)7-11(15)14(4)8-9-5-10(13)6-9/h9-10H,5-8,13H2,1-4H3. The summed E-state index contributed by atoms with van der Waals surface area (Å²) in [6.45, 7) is 7.16. The van der Waals surface area contributed by atoms with E-state index in [1.54, 1.807) is 0 Å². The predicted octanol–water partition coefficient (Wildman–Crippen LogP) is 1.62. The largest absolute Gasteiger partial charge is 0.345 e. The van der Waals surface area contributed by atoms with E-state index >= 15 is 0 Å². The molecular formula is C12H24N2O. The van der Waals surface area contributed by atoms with Crippen LogP contribution in [-0.2, 0) is 4.79 Å². The second-order valence-corrected chi connectivity index (χ2v) is 6.11. The molecular weight excluding hydrogens is 188 g/mol. The van der Waals surface area contributed by atoms with Crippen molar-refractivity contribution < 1.29 is 4.79 Å². The normalized spacial score (nSPS) is 25.9. The molecule has 1 rings (SSSR count). The third-order valence-corrected chi connectivity index (χ3v) is 2.91. The summed E-state index contributed by atoms with van der Waals surface area (Å²) in [6.07, 6.45) is 2.78. The number of hydrogen-bond acceptors (Lipinski definition) is 2. The van der Waals surface area contributed by atoms with E-state index in [1.165, 1.54) is 0 Å². The molecule has 0 heterocycles. The molecule has 0 spiro atoms. The molecule has 3 heteroatoms. The molecule has 1 saturated carbocycles. The maximum atomic E-state index is 11.8. The first-order valence-electron chi connectivity index (χ1n) is 5.77. The summed E-state index contributed by atoms with van der Waals surface area (Å²) in [5.74, 6) is 0.886.